The number of hydroxylamine groups is 1. The van der Waals surface area contributed by atoms with Crippen LogP contribution in [0.1, 0.15) is 24.9 Å². The number of halogens is 2. The third-order valence-electron chi connectivity index (χ3n) is 1.91. The van der Waals surface area contributed by atoms with Gasteiger partial charge in [0.1, 0.15) is 0 Å². The molecule has 0 amide bonds. The number of hydrogen-bond donors (Lipinski definition) is 2. The van der Waals surface area contributed by atoms with Gasteiger partial charge in [0.2, 0.25) is 0 Å². The van der Waals surface area contributed by atoms with E-state index < -0.39 is 0 Å². The Bertz CT molecular complexity index is 287. The lowest BCUT2D eigenvalue weighted by atomic mass is 10.1. The van der Waals surface area contributed by atoms with Gasteiger partial charge in [-0.15, -0.1) is 0 Å². The minimum absolute atomic E-state index is 0.0882. The van der Waals surface area contributed by atoms with Crippen molar-refractivity contribution in [2.45, 2.75) is 19.4 Å². The Morgan fingerprint density at radius 1 is 1.38 bits per heavy atom. The summed E-state index contributed by atoms with van der Waals surface area (Å²) in [6.45, 7) is 1.97. The van der Waals surface area contributed by atoms with Gasteiger partial charge in [0.15, 0.2) is 0 Å². The van der Waals surface area contributed by atoms with Crippen LogP contribution in [0.5, 0.6) is 0 Å². The number of nitrogens with one attached hydrogen (secondary N) is 1. The molecule has 1 rings (SSSR count). The largest absolute Gasteiger partial charge is 0.316 e. The second kappa shape index (κ2) is 4.82. The van der Waals surface area contributed by atoms with Gasteiger partial charge in [0.25, 0.3) is 0 Å². The third-order valence-corrected chi connectivity index (χ3v) is 2.65. The molecule has 1 aromatic carbocycles. The van der Waals surface area contributed by atoms with Gasteiger partial charge >= 0.3 is 0 Å². The van der Waals surface area contributed by atoms with Crippen molar-refractivity contribution in [1.29, 1.82) is 0 Å². The molecule has 0 bridgehead atoms. The van der Waals surface area contributed by atoms with Gasteiger partial charge in [0.05, 0.1) is 16.1 Å². The lowest BCUT2D eigenvalue weighted by molar-refractivity contribution is 0.124. The fourth-order valence-corrected chi connectivity index (χ4v) is 1.44. The summed E-state index contributed by atoms with van der Waals surface area (Å²) in [7, 11) is 0. The number of rotatable bonds is 3. The van der Waals surface area contributed by atoms with E-state index in [4.69, 9.17) is 28.4 Å². The van der Waals surface area contributed by atoms with Gasteiger partial charge in [-0.1, -0.05) is 36.2 Å². The van der Waals surface area contributed by atoms with E-state index in [0.29, 0.717) is 10.0 Å². The van der Waals surface area contributed by atoms with Crippen LogP contribution in [0.3, 0.4) is 0 Å². The maximum Gasteiger partial charge on any atom is 0.0595 e. The number of hydrogen-bond acceptors (Lipinski definition) is 2. The molecule has 0 aliphatic rings. The molecule has 0 spiro atoms. The zero-order valence-electron chi connectivity index (χ0n) is 7.22. The third kappa shape index (κ3) is 2.58. The van der Waals surface area contributed by atoms with Crippen molar-refractivity contribution in [3.63, 3.8) is 0 Å². The molecule has 1 unspecified atom stereocenters. The van der Waals surface area contributed by atoms with Gasteiger partial charge in [-0.25, -0.2) is 0 Å². The lowest BCUT2D eigenvalue weighted by Crippen LogP contribution is -2.15. The van der Waals surface area contributed by atoms with Crippen LogP contribution in [-0.2, 0) is 0 Å². The van der Waals surface area contributed by atoms with E-state index in [1.54, 1.807) is 12.1 Å². The van der Waals surface area contributed by atoms with Crippen LogP contribution < -0.4 is 5.48 Å². The van der Waals surface area contributed by atoms with Crippen molar-refractivity contribution in [2.24, 2.45) is 0 Å². The Morgan fingerprint density at radius 2 is 2.08 bits per heavy atom. The smallest absolute Gasteiger partial charge is 0.0595 e. The van der Waals surface area contributed by atoms with E-state index in [1.165, 1.54) is 0 Å². The van der Waals surface area contributed by atoms with Crippen molar-refractivity contribution in [1.82, 2.24) is 5.48 Å². The zero-order valence-corrected chi connectivity index (χ0v) is 8.73. The Labute approximate surface area is 87.4 Å². The molecule has 1 aromatic rings. The maximum absolute atomic E-state index is 8.81. The summed E-state index contributed by atoms with van der Waals surface area (Å²) in [6, 6.07) is 5.22. The van der Waals surface area contributed by atoms with Gasteiger partial charge in [-0.2, -0.15) is 5.48 Å². The molecule has 0 fully saturated rings. The highest BCUT2D eigenvalue weighted by Crippen LogP contribution is 2.26. The molecule has 0 aliphatic heterocycles. The van der Waals surface area contributed by atoms with E-state index in [1.807, 2.05) is 13.0 Å². The van der Waals surface area contributed by atoms with Crippen molar-refractivity contribution >= 4 is 23.2 Å². The summed E-state index contributed by atoms with van der Waals surface area (Å²) in [5.74, 6) is 0. The molecule has 0 aliphatic carbocycles. The Morgan fingerprint density at radius 3 is 2.54 bits per heavy atom. The highest BCUT2D eigenvalue weighted by molar-refractivity contribution is 6.42. The summed E-state index contributed by atoms with van der Waals surface area (Å²) in [4.78, 5) is 0. The first kappa shape index (κ1) is 10.8. The van der Waals surface area contributed by atoms with Crippen molar-refractivity contribution in [2.75, 3.05) is 0 Å². The second-order valence-electron chi connectivity index (χ2n) is 2.76. The number of benzene rings is 1. The first-order valence-electron chi connectivity index (χ1n) is 4.03. The summed E-state index contributed by atoms with van der Waals surface area (Å²) in [5, 5.41) is 9.85. The van der Waals surface area contributed by atoms with Crippen LogP contribution in [0.15, 0.2) is 18.2 Å². The molecule has 13 heavy (non-hydrogen) atoms. The van der Waals surface area contributed by atoms with Crippen LogP contribution in [0.2, 0.25) is 10.0 Å². The van der Waals surface area contributed by atoms with Crippen LogP contribution in [-0.4, -0.2) is 5.21 Å². The molecule has 1 atom stereocenters. The SMILES string of the molecule is CCC(NO)c1ccc(Cl)c(Cl)c1. The normalized spacial score (nSPS) is 12.9. The summed E-state index contributed by atoms with van der Waals surface area (Å²) >= 11 is 11.6. The minimum atomic E-state index is -0.0882. The molecule has 0 aromatic heterocycles. The molecule has 2 nitrogen and oxygen atoms in total. The summed E-state index contributed by atoms with van der Waals surface area (Å²) in [6.07, 6.45) is 0.786. The van der Waals surface area contributed by atoms with Crippen LogP contribution in [0, 0.1) is 0 Å². The van der Waals surface area contributed by atoms with E-state index >= 15 is 0 Å². The highest BCUT2D eigenvalue weighted by Gasteiger charge is 2.08. The molecule has 4 heteroatoms. The molecule has 0 radical (unpaired) electrons. The van der Waals surface area contributed by atoms with Crippen molar-refractivity contribution < 1.29 is 5.21 Å². The standard InChI is InChI=1S/C9H11Cl2NO/c1-2-9(12-13)6-3-4-7(10)8(11)5-6/h3-5,9,12-13H,2H2,1H3. The molecular formula is C9H11Cl2NO. The van der Waals surface area contributed by atoms with E-state index in [-0.39, 0.29) is 6.04 Å². The molecule has 2 N–H and O–H groups in total. The molecule has 0 heterocycles. The quantitative estimate of drug-likeness (QED) is 0.765. The molecule has 72 valence electrons. The second-order valence-corrected chi connectivity index (χ2v) is 3.58. The zero-order chi connectivity index (χ0) is 9.84. The monoisotopic (exact) mass is 219 g/mol. The molecule has 0 saturated carbocycles. The van der Waals surface area contributed by atoms with Gasteiger partial charge in [-0.05, 0) is 24.1 Å². The van der Waals surface area contributed by atoms with Gasteiger partial charge in [-0.3, -0.25) is 0 Å². The van der Waals surface area contributed by atoms with Crippen LogP contribution in [0.4, 0.5) is 0 Å². The Hall–Kier alpha value is -0.280. The first-order valence-corrected chi connectivity index (χ1v) is 4.79. The summed E-state index contributed by atoms with van der Waals surface area (Å²) in [5.41, 5.74) is 3.14. The molecule has 0 saturated heterocycles. The van der Waals surface area contributed by atoms with E-state index in [2.05, 4.69) is 5.48 Å². The maximum atomic E-state index is 8.81. The predicted molar refractivity (Wildman–Crippen MR) is 54.4 cm³/mol. The van der Waals surface area contributed by atoms with Gasteiger partial charge in [0, 0.05) is 0 Å². The van der Waals surface area contributed by atoms with E-state index in [9.17, 15) is 0 Å². The fraction of sp³-hybridized carbons (Fsp3) is 0.333. The average molecular weight is 220 g/mol. The first-order chi connectivity index (χ1) is 6.19. The van der Waals surface area contributed by atoms with Crippen molar-refractivity contribution in [3.05, 3.63) is 33.8 Å². The topological polar surface area (TPSA) is 32.3 Å². The molecular weight excluding hydrogens is 209 g/mol. The Kier molecular flexibility index (Phi) is 4.00. The lowest BCUT2D eigenvalue weighted by Gasteiger charge is -2.13. The van der Waals surface area contributed by atoms with E-state index in [0.717, 1.165) is 12.0 Å². The van der Waals surface area contributed by atoms with Gasteiger partial charge < -0.3 is 5.21 Å². The van der Waals surface area contributed by atoms with Crippen LogP contribution in [0.25, 0.3) is 0 Å². The minimum Gasteiger partial charge on any atom is -0.316 e. The van der Waals surface area contributed by atoms with Crippen molar-refractivity contribution in [3.8, 4) is 0 Å². The van der Waals surface area contributed by atoms with Crippen LogP contribution >= 0.6 is 23.2 Å². The predicted octanol–water partition coefficient (Wildman–Crippen LogP) is 3.42. The summed E-state index contributed by atoms with van der Waals surface area (Å²) < 4.78 is 0. The Balaban J connectivity index is 2.95. The highest BCUT2D eigenvalue weighted by atomic mass is 35.5. The fourth-order valence-electron chi connectivity index (χ4n) is 1.13. The average Bonchev–Trinajstić information content (AvgIpc) is 2.13.